The highest BCUT2D eigenvalue weighted by Crippen LogP contribution is 2.40. The van der Waals surface area contributed by atoms with Gasteiger partial charge in [-0.25, -0.2) is 4.98 Å². The van der Waals surface area contributed by atoms with Crippen molar-refractivity contribution in [3.05, 3.63) is 53.6 Å². The summed E-state index contributed by atoms with van der Waals surface area (Å²) in [5, 5.41) is 0. The van der Waals surface area contributed by atoms with E-state index in [0.717, 1.165) is 45.3 Å². The molecule has 0 aliphatic carbocycles. The van der Waals surface area contributed by atoms with E-state index in [1.807, 2.05) is 18.7 Å². The molecule has 1 aliphatic heterocycles. The molecule has 0 atom stereocenters. The van der Waals surface area contributed by atoms with Crippen molar-refractivity contribution < 1.29 is 9.47 Å². The number of aryl methyl sites for hydroxylation is 2. The topological polar surface area (TPSA) is 36.3 Å². The van der Waals surface area contributed by atoms with Crippen LogP contribution in [0, 0.1) is 19.3 Å². The maximum atomic E-state index is 6.58. The Morgan fingerprint density at radius 2 is 1.78 bits per heavy atom. The quantitative estimate of drug-likeness (QED) is 0.651. The molecule has 0 saturated carbocycles. The molecule has 4 nitrogen and oxygen atoms in total. The Balaban J connectivity index is 1.83. The van der Waals surface area contributed by atoms with Crippen LogP contribution < -0.4 is 0 Å². The van der Waals surface area contributed by atoms with Crippen molar-refractivity contribution in [1.29, 1.82) is 0 Å². The number of nitrogens with zero attached hydrogens (tertiary/aromatic N) is 2. The summed E-state index contributed by atoms with van der Waals surface area (Å²) in [7, 11) is 0. The second-order valence-electron chi connectivity index (χ2n) is 8.33. The van der Waals surface area contributed by atoms with E-state index in [9.17, 15) is 0 Å². The van der Waals surface area contributed by atoms with Gasteiger partial charge in [0.2, 0.25) is 0 Å². The fraction of sp³-hybridized carbons (Fsp3) is 0.609. The van der Waals surface area contributed by atoms with Gasteiger partial charge >= 0.3 is 0 Å². The first-order valence-corrected chi connectivity index (χ1v) is 10.3. The Bertz CT molecular complexity index is 708. The van der Waals surface area contributed by atoms with E-state index in [4.69, 9.17) is 9.47 Å². The predicted octanol–water partition coefficient (Wildman–Crippen LogP) is 5.07. The molecule has 0 unspecified atom stereocenters. The molecule has 1 aromatic heterocycles. The van der Waals surface area contributed by atoms with Crippen LogP contribution in [0.15, 0.2) is 36.9 Å². The Labute approximate surface area is 163 Å². The van der Waals surface area contributed by atoms with E-state index in [0.29, 0.717) is 6.54 Å². The van der Waals surface area contributed by atoms with Gasteiger partial charge in [-0.05, 0) is 37.8 Å². The molecule has 2 aromatic rings. The summed E-state index contributed by atoms with van der Waals surface area (Å²) in [5.74, 6) is -0.633. The fourth-order valence-corrected chi connectivity index (χ4v) is 4.37. The zero-order chi connectivity index (χ0) is 19.3. The Morgan fingerprint density at radius 1 is 1.07 bits per heavy atom. The number of benzene rings is 1. The molecule has 148 valence electrons. The summed E-state index contributed by atoms with van der Waals surface area (Å²) in [6, 6.07) is 6.63. The number of aromatic nitrogens is 2. The predicted molar refractivity (Wildman–Crippen MR) is 109 cm³/mol. The second-order valence-corrected chi connectivity index (χ2v) is 8.33. The molecule has 3 rings (SSSR count). The first-order chi connectivity index (χ1) is 13.0. The van der Waals surface area contributed by atoms with Crippen molar-refractivity contribution in [2.45, 2.75) is 72.1 Å². The van der Waals surface area contributed by atoms with E-state index in [2.05, 4.69) is 55.4 Å². The lowest BCUT2D eigenvalue weighted by Gasteiger charge is -2.47. The molecule has 0 bridgehead atoms. The lowest BCUT2D eigenvalue weighted by molar-refractivity contribution is -0.311. The van der Waals surface area contributed by atoms with E-state index >= 15 is 0 Å². The van der Waals surface area contributed by atoms with Gasteiger partial charge in [-0.15, -0.1) is 0 Å². The van der Waals surface area contributed by atoms with Crippen molar-refractivity contribution in [3.8, 4) is 0 Å². The van der Waals surface area contributed by atoms with E-state index in [-0.39, 0.29) is 5.41 Å². The average molecular weight is 371 g/mol. The van der Waals surface area contributed by atoms with Gasteiger partial charge in [-0.3, -0.25) is 0 Å². The second kappa shape index (κ2) is 8.57. The lowest BCUT2D eigenvalue weighted by atomic mass is 9.79. The van der Waals surface area contributed by atoms with Gasteiger partial charge < -0.3 is 14.0 Å². The summed E-state index contributed by atoms with van der Waals surface area (Å²) < 4.78 is 15.2. The highest BCUT2D eigenvalue weighted by molar-refractivity contribution is 5.31. The molecular weight excluding hydrogens is 336 g/mol. The van der Waals surface area contributed by atoms with Crippen molar-refractivity contribution in [1.82, 2.24) is 9.55 Å². The van der Waals surface area contributed by atoms with E-state index < -0.39 is 5.79 Å². The summed E-state index contributed by atoms with van der Waals surface area (Å²) >= 11 is 0. The molecule has 1 fully saturated rings. The van der Waals surface area contributed by atoms with Gasteiger partial charge in [0.05, 0.1) is 26.1 Å². The minimum atomic E-state index is -0.633. The van der Waals surface area contributed by atoms with Crippen molar-refractivity contribution in [3.63, 3.8) is 0 Å². The fourth-order valence-electron chi connectivity index (χ4n) is 4.37. The molecule has 0 spiro atoms. The third-order valence-corrected chi connectivity index (χ3v) is 5.78. The van der Waals surface area contributed by atoms with Crippen molar-refractivity contribution in [2.75, 3.05) is 13.2 Å². The van der Waals surface area contributed by atoms with Crippen LogP contribution in [0.25, 0.3) is 0 Å². The molecule has 0 radical (unpaired) electrons. The largest absolute Gasteiger partial charge is 0.347 e. The Hall–Kier alpha value is -1.65. The van der Waals surface area contributed by atoms with E-state index in [1.54, 1.807) is 0 Å². The minimum Gasteiger partial charge on any atom is -0.347 e. The molecule has 1 aromatic carbocycles. The number of ether oxygens (including phenoxy) is 2. The number of hydrogen-bond acceptors (Lipinski definition) is 3. The summed E-state index contributed by atoms with van der Waals surface area (Å²) in [4.78, 5) is 4.19. The molecule has 0 amide bonds. The summed E-state index contributed by atoms with van der Waals surface area (Å²) in [6.45, 7) is 11.0. The van der Waals surface area contributed by atoms with Gasteiger partial charge in [0.15, 0.2) is 5.79 Å². The highest BCUT2D eigenvalue weighted by atomic mass is 16.7. The maximum absolute atomic E-state index is 6.58. The van der Waals surface area contributed by atoms with E-state index in [1.165, 1.54) is 16.7 Å². The zero-order valence-corrected chi connectivity index (χ0v) is 17.3. The lowest BCUT2D eigenvalue weighted by Crippen LogP contribution is -2.53. The monoisotopic (exact) mass is 370 g/mol. The zero-order valence-electron chi connectivity index (χ0n) is 17.3. The Morgan fingerprint density at radius 3 is 2.33 bits per heavy atom. The molecule has 27 heavy (non-hydrogen) atoms. The number of hydrogen-bond donors (Lipinski definition) is 0. The van der Waals surface area contributed by atoms with Crippen LogP contribution in [-0.4, -0.2) is 28.6 Å². The maximum Gasteiger partial charge on any atom is 0.190 e. The number of rotatable bonds is 8. The molecule has 2 heterocycles. The standard InChI is InChI=1S/C23H34N2O2/c1-5-9-22(10-6-2)16-26-23(27-17-22,15-25-12-11-24-18-25)14-21-8-7-19(3)13-20(21)4/h7-8,11-13,18H,5-6,9-10,14-17H2,1-4H3. The van der Waals surface area contributed by atoms with Crippen LogP contribution in [0.2, 0.25) is 0 Å². The van der Waals surface area contributed by atoms with Crippen LogP contribution in [-0.2, 0) is 22.4 Å². The number of imidazole rings is 1. The third kappa shape index (κ3) is 4.80. The van der Waals surface area contributed by atoms with Crippen LogP contribution in [0.3, 0.4) is 0 Å². The third-order valence-electron chi connectivity index (χ3n) is 5.78. The Kier molecular flexibility index (Phi) is 6.38. The van der Waals surface area contributed by atoms with Gasteiger partial charge in [-0.2, -0.15) is 0 Å². The van der Waals surface area contributed by atoms with Gasteiger partial charge in [0.25, 0.3) is 0 Å². The van der Waals surface area contributed by atoms with Crippen molar-refractivity contribution in [2.24, 2.45) is 5.41 Å². The van der Waals surface area contributed by atoms with Gasteiger partial charge in [-0.1, -0.05) is 50.5 Å². The summed E-state index contributed by atoms with van der Waals surface area (Å²) in [6.07, 6.45) is 11.0. The average Bonchev–Trinajstić information content (AvgIpc) is 3.14. The molecule has 4 heteroatoms. The highest BCUT2D eigenvalue weighted by Gasteiger charge is 2.44. The summed E-state index contributed by atoms with van der Waals surface area (Å²) in [5.41, 5.74) is 4.03. The molecule has 1 aliphatic rings. The van der Waals surface area contributed by atoms with Crippen LogP contribution in [0.4, 0.5) is 0 Å². The smallest absolute Gasteiger partial charge is 0.190 e. The first kappa shape index (κ1) is 20.1. The minimum absolute atomic E-state index is 0.157. The van der Waals surface area contributed by atoms with Crippen molar-refractivity contribution >= 4 is 0 Å². The van der Waals surface area contributed by atoms with Crippen LogP contribution in [0.1, 0.15) is 56.2 Å². The van der Waals surface area contributed by atoms with Crippen LogP contribution >= 0.6 is 0 Å². The van der Waals surface area contributed by atoms with Crippen LogP contribution in [0.5, 0.6) is 0 Å². The normalized spacial score (nSPS) is 18.5. The molecule has 0 N–H and O–H groups in total. The SMILES string of the molecule is CCCC1(CCC)COC(Cc2ccc(C)cc2C)(Cn2ccnc2)OC1. The first-order valence-electron chi connectivity index (χ1n) is 10.3. The molecule has 1 saturated heterocycles. The van der Waals surface area contributed by atoms with Gasteiger partial charge in [0, 0.05) is 24.2 Å². The van der Waals surface area contributed by atoms with Gasteiger partial charge in [0.1, 0.15) is 0 Å². The molecular formula is C23H34N2O2.